The largest absolute Gasteiger partial charge is 0.398 e. The number of para-hydroxylation sites is 1. The molecule has 0 fully saturated rings. The van der Waals surface area contributed by atoms with Crippen LogP contribution in [0, 0.1) is 34.6 Å². The van der Waals surface area contributed by atoms with E-state index in [1.165, 1.54) is 38.3 Å². The molecule has 0 heterocycles. The monoisotopic (exact) mass is 285 g/mol. The summed E-state index contributed by atoms with van der Waals surface area (Å²) in [5.41, 5.74) is 15.5. The van der Waals surface area contributed by atoms with Crippen LogP contribution in [-0.2, 0) is 5.75 Å². The molecule has 0 spiro atoms. The van der Waals surface area contributed by atoms with Crippen molar-refractivity contribution < 1.29 is 0 Å². The van der Waals surface area contributed by atoms with Gasteiger partial charge in [-0.3, -0.25) is 0 Å². The summed E-state index contributed by atoms with van der Waals surface area (Å²) in [7, 11) is 0. The van der Waals surface area contributed by atoms with Crippen molar-refractivity contribution in [3.63, 3.8) is 0 Å². The highest BCUT2D eigenvalue weighted by atomic mass is 32.2. The average molecular weight is 285 g/mol. The van der Waals surface area contributed by atoms with Crippen LogP contribution in [0.4, 0.5) is 5.69 Å². The number of rotatable bonds is 3. The lowest BCUT2D eigenvalue weighted by Gasteiger charge is -2.18. The van der Waals surface area contributed by atoms with Crippen molar-refractivity contribution >= 4 is 17.4 Å². The lowest BCUT2D eigenvalue weighted by atomic mass is 9.90. The Morgan fingerprint density at radius 1 is 0.800 bits per heavy atom. The highest BCUT2D eigenvalue weighted by molar-refractivity contribution is 7.98. The Bertz CT molecular complexity index is 615. The van der Waals surface area contributed by atoms with E-state index in [1.54, 1.807) is 0 Å². The quantitative estimate of drug-likeness (QED) is 0.627. The van der Waals surface area contributed by atoms with E-state index in [2.05, 4.69) is 40.7 Å². The van der Waals surface area contributed by atoms with Crippen molar-refractivity contribution in [2.45, 2.75) is 45.3 Å². The lowest BCUT2D eigenvalue weighted by Crippen LogP contribution is -2.02. The zero-order chi connectivity index (χ0) is 14.9. The molecule has 1 nitrogen and oxygen atoms in total. The highest BCUT2D eigenvalue weighted by Gasteiger charge is 2.12. The SMILES string of the molecule is Cc1c(C)c(C)c(CSc2ccccc2N)c(C)c1C. The molecule has 0 amide bonds. The van der Waals surface area contributed by atoms with Crippen molar-refractivity contribution in [2.75, 3.05) is 5.73 Å². The average Bonchev–Trinajstić information content (AvgIpc) is 2.45. The summed E-state index contributed by atoms with van der Waals surface area (Å²) in [4.78, 5) is 1.17. The Morgan fingerprint density at radius 3 is 1.85 bits per heavy atom. The van der Waals surface area contributed by atoms with Crippen LogP contribution in [-0.4, -0.2) is 0 Å². The van der Waals surface area contributed by atoms with Gasteiger partial charge in [0.15, 0.2) is 0 Å². The summed E-state index contributed by atoms with van der Waals surface area (Å²) < 4.78 is 0. The highest BCUT2D eigenvalue weighted by Crippen LogP contribution is 2.33. The molecule has 0 saturated carbocycles. The third-order valence-corrected chi connectivity index (χ3v) is 5.56. The van der Waals surface area contributed by atoms with Gasteiger partial charge in [0.25, 0.3) is 0 Å². The molecule has 106 valence electrons. The number of nitrogen functional groups attached to an aromatic ring is 1. The van der Waals surface area contributed by atoms with Gasteiger partial charge in [-0.05, 0) is 80.1 Å². The fourth-order valence-electron chi connectivity index (χ4n) is 2.56. The van der Waals surface area contributed by atoms with Gasteiger partial charge >= 0.3 is 0 Å². The molecular weight excluding hydrogens is 262 g/mol. The second-order valence-corrected chi connectivity index (χ2v) is 6.45. The van der Waals surface area contributed by atoms with Crippen molar-refractivity contribution in [1.82, 2.24) is 0 Å². The maximum atomic E-state index is 6.02. The van der Waals surface area contributed by atoms with Gasteiger partial charge in [0.05, 0.1) is 0 Å². The molecule has 2 aromatic rings. The van der Waals surface area contributed by atoms with Gasteiger partial charge in [0.1, 0.15) is 0 Å². The van der Waals surface area contributed by atoms with E-state index >= 15 is 0 Å². The minimum atomic E-state index is 0.869. The van der Waals surface area contributed by atoms with Gasteiger partial charge < -0.3 is 5.73 Å². The molecule has 2 heteroatoms. The number of hydrogen-bond donors (Lipinski definition) is 1. The fourth-order valence-corrected chi connectivity index (χ4v) is 3.70. The second-order valence-electron chi connectivity index (χ2n) is 5.43. The third kappa shape index (κ3) is 2.71. The molecule has 2 rings (SSSR count). The first-order valence-corrected chi connectivity index (χ1v) is 7.95. The first kappa shape index (κ1) is 15.0. The normalized spacial score (nSPS) is 10.8. The summed E-state index contributed by atoms with van der Waals surface area (Å²) in [5.74, 6) is 0.980. The van der Waals surface area contributed by atoms with Crippen molar-refractivity contribution in [3.8, 4) is 0 Å². The number of hydrogen-bond acceptors (Lipinski definition) is 2. The molecule has 2 N–H and O–H groups in total. The summed E-state index contributed by atoms with van der Waals surface area (Å²) in [6, 6.07) is 8.09. The Balaban J connectivity index is 2.33. The number of benzene rings is 2. The van der Waals surface area contributed by atoms with Gasteiger partial charge in [-0.1, -0.05) is 12.1 Å². The van der Waals surface area contributed by atoms with Crippen LogP contribution in [0.15, 0.2) is 29.2 Å². The summed E-state index contributed by atoms with van der Waals surface area (Å²) in [5, 5.41) is 0. The van der Waals surface area contributed by atoms with Crippen LogP contribution < -0.4 is 5.73 Å². The van der Waals surface area contributed by atoms with E-state index in [0.717, 1.165) is 11.4 Å². The lowest BCUT2D eigenvalue weighted by molar-refractivity contribution is 1.12. The molecule has 20 heavy (non-hydrogen) atoms. The zero-order valence-electron chi connectivity index (χ0n) is 13.0. The van der Waals surface area contributed by atoms with Gasteiger partial charge in [0, 0.05) is 16.3 Å². The van der Waals surface area contributed by atoms with Crippen LogP contribution in [0.2, 0.25) is 0 Å². The Morgan fingerprint density at radius 2 is 1.30 bits per heavy atom. The maximum absolute atomic E-state index is 6.02. The molecule has 0 aromatic heterocycles. The van der Waals surface area contributed by atoms with E-state index < -0.39 is 0 Å². The molecule has 0 aliphatic heterocycles. The van der Waals surface area contributed by atoms with Gasteiger partial charge in [-0.25, -0.2) is 0 Å². The van der Waals surface area contributed by atoms with Crippen molar-refractivity contribution in [2.24, 2.45) is 0 Å². The molecule has 0 radical (unpaired) electrons. The smallest absolute Gasteiger partial charge is 0.0452 e. The van der Waals surface area contributed by atoms with E-state index in [4.69, 9.17) is 5.73 Å². The molecule has 0 atom stereocenters. The summed E-state index contributed by atoms with van der Waals surface area (Å²) >= 11 is 1.83. The second kappa shape index (κ2) is 5.92. The summed E-state index contributed by atoms with van der Waals surface area (Å²) in [6.07, 6.45) is 0. The van der Waals surface area contributed by atoms with Crippen molar-refractivity contribution in [1.29, 1.82) is 0 Å². The van der Waals surface area contributed by atoms with Crippen LogP contribution in [0.1, 0.15) is 33.4 Å². The molecule has 2 aromatic carbocycles. The molecule has 0 bridgehead atoms. The molecule has 0 unspecified atom stereocenters. The minimum Gasteiger partial charge on any atom is -0.398 e. The number of anilines is 1. The van der Waals surface area contributed by atoms with Gasteiger partial charge in [-0.2, -0.15) is 0 Å². The standard InChI is InChI=1S/C18H23NS/c1-11-12(2)14(4)16(15(5)13(11)3)10-20-18-9-7-6-8-17(18)19/h6-9H,10,19H2,1-5H3. The van der Waals surface area contributed by atoms with Gasteiger partial charge in [0.2, 0.25) is 0 Å². The van der Waals surface area contributed by atoms with E-state index in [0.29, 0.717) is 0 Å². The Labute approximate surface area is 126 Å². The van der Waals surface area contributed by atoms with E-state index in [1.807, 2.05) is 30.0 Å². The number of nitrogens with two attached hydrogens (primary N) is 1. The van der Waals surface area contributed by atoms with Crippen molar-refractivity contribution in [3.05, 3.63) is 57.6 Å². The predicted molar refractivity (Wildman–Crippen MR) is 90.5 cm³/mol. The first-order valence-electron chi connectivity index (χ1n) is 6.96. The Kier molecular flexibility index (Phi) is 4.44. The number of thioether (sulfide) groups is 1. The van der Waals surface area contributed by atoms with Crippen LogP contribution in [0.3, 0.4) is 0 Å². The topological polar surface area (TPSA) is 26.0 Å². The Hall–Kier alpha value is -1.41. The van der Waals surface area contributed by atoms with Gasteiger partial charge in [-0.15, -0.1) is 11.8 Å². The first-order chi connectivity index (χ1) is 9.43. The fraction of sp³-hybridized carbons (Fsp3) is 0.333. The van der Waals surface area contributed by atoms with E-state index in [9.17, 15) is 0 Å². The maximum Gasteiger partial charge on any atom is 0.0452 e. The van der Waals surface area contributed by atoms with E-state index in [-0.39, 0.29) is 0 Å². The van der Waals surface area contributed by atoms with Crippen LogP contribution in [0.25, 0.3) is 0 Å². The molecular formula is C18H23NS. The molecule has 0 aliphatic carbocycles. The van der Waals surface area contributed by atoms with Crippen LogP contribution >= 0.6 is 11.8 Å². The molecule has 0 aliphatic rings. The summed E-state index contributed by atoms with van der Waals surface area (Å²) in [6.45, 7) is 11.1. The van der Waals surface area contributed by atoms with Crippen LogP contribution in [0.5, 0.6) is 0 Å². The minimum absolute atomic E-state index is 0.869. The third-order valence-electron chi connectivity index (χ3n) is 4.45. The molecule has 0 saturated heterocycles. The zero-order valence-corrected chi connectivity index (χ0v) is 13.8. The predicted octanol–water partition coefficient (Wildman–Crippen LogP) is 5.10.